The van der Waals surface area contributed by atoms with E-state index in [9.17, 15) is 8.22 Å². The van der Waals surface area contributed by atoms with Gasteiger partial charge in [0.15, 0.2) is 17.5 Å². The number of para-hydroxylation sites is 2. The van der Waals surface area contributed by atoms with Crippen LogP contribution in [0.25, 0.3) is 78.0 Å². The van der Waals surface area contributed by atoms with Crippen molar-refractivity contribution in [2.75, 3.05) is 4.90 Å². The standard InChI is InChI=1S/C49H32N4O/c1-5-14-33(15-6-1)47-50-48(34-16-7-2-8-17-34)52-49(51-47)43-22-13-23-44-46(43)42-29-27-38(32-45(42)54-44)35-24-25-37-31-41(28-26-36(37)30-35)53(39-18-9-3-10-19-39)40-20-11-4-12-21-40/h1-32H/i3D,4D,9D,10D,11D,12D,18D,19D,20D,21D,24D,25D,26D,28D,30D,31D. The van der Waals surface area contributed by atoms with E-state index in [1.165, 1.54) is 0 Å². The Labute approximate surface area is 335 Å². The molecule has 0 saturated heterocycles. The Morgan fingerprint density at radius 1 is 0.444 bits per heavy atom. The van der Waals surface area contributed by atoms with E-state index in [0.29, 0.717) is 49.9 Å². The zero-order valence-corrected chi connectivity index (χ0v) is 27.9. The molecule has 0 aliphatic carbocycles. The summed E-state index contributed by atoms with van der Waals surface area (Å²) in [5.74, 6) is 1.28. The Balaban J connectivity index is 1.18. The van der Waals surface area contributed by atoms with Crippen molar-refractivity contribution < 1.29 is 26.3 Å². The van der Waals surface area contributed by atoms with Crippen LogP contribution >= 0.6 is 0 Å². The van der Waals surface area contributed by atoms with Gasteiger partial charge in [-0.3, -0.25) is 0 Å². The highest BCUT2D eigenvalue weighted by molar-refractivity contribution is 6.12. The third-order valence-electron chi connectivity index (χ3n) is 8.73. The zero-order chi connectivity index (χ0) is 49.8. The van der Waals surface area contributed by atoms with Crippen LogP contribution in [0, 0.1) is 0 Å². The van der Waals surface area contributed by atoms with E-state index >= 15 is 0 Å². The van der Waals surface area contributed by atoms with Crippen molar-refractivity contribution in [3.05, 3.63) is 194 Å². The monoisotopic (exact) mass is 708 g/mol. The predicted octanol–water partition coefficient (Wildman–Crippen LogP) is 13.1. The lowest BCUT2D eigenvalue weighted by Crippen LogP contribution is -2.09. The topological polar surface area (TPSA) is 55.1 Å². The van der Waals surface area contributed by atoms with Gasteiger partial charge in [0, 0.05) is 44.5 Å². The number of rotatable bonds is 7. The summed E-state index contributed by atoms with van der Waals surface area (Å²) in [5, 5.41) is 0.347. The van der Waals surface area contributed by atoms with Gasteiger partial charge in [-0.25, -0.2) is 15.0 Å². The molecule has 0 amide bonds. The average Bonchev–Trinajstić information content (AvgIpc) is 3.75. The van der Waals surface area contributed by atoms with Crippen molar-refractivity contribution in [1.29, 1.82) is 0 Å². The summed E-state index contributed by atoms with van der Waals surface area (Å²) < 4.78 is 148. The summed E-state index contributed by atoms with van der Waals surface area (Å²) in [6.45, 7) is 0. The summed E-state index contributed by atoms with van der Waals surface area (Å²) in [7, 11) is 0. The van der Waals surface area contributed by atoms with E-state index in [0.717, 1.165) is 11.1 Å². The smallest absolute Gasteiger partial charge is 0.164 e. The third-order valence-corrected chi connectivity index (χ3v) is 8.73. The van der Waals surface area contributed by atoms with Crippen LogP contribution in [-0.4, -0.2) is 15.0 Å². The molecule has 254 valence electrons. The molecule has 10 rings (SSSR count). The van der Waals surface area contributed by atoms with Crippen LogP contribution in [0.2, 0.25) is 0 Å². The molecule has 0 bridgehead atoms. The molecule has 8 aromatic carbocycles. The largest absolute Gasteiger partial charge is 0.456 e. The van der Waals surface area contributed by atoms with Gasteiger partial charge in [0.1, 0.15) is 11.2 Å². The third kappa shape index (κ3) is 5.74. The van der Waals surface area contributed by atoms with E-state index in [1.807, 2.05) is 66.7 Å². The zero-order valence-electron chi connectivity index (χ0n) is 43.9. The lowest BCUT2D eigenvalue weighted by molar-refractivity contribution is 0.669. The summed E-state index contributed by atoms with van der Waals surface area (Å²) in [4.78, 5) is 15.2. The molecule has 54 heavy (non-hydrogen) atoms. The molecule has 0 N–H and O–H groups in total. The summed E-state index contributed by atoms with van der Waals surface area (Å²) >= 11 is 0. The molecule has 2 aromatic heterocycles. The molecule has 0 aliphatic rings. The van der Waals surface area contributed by atoms with Gasteiger partial charge in [-0.2, -0.15) is 0 Å². The molecule has 5 nitrogen and oxygen atoms in total. The lowest BCUT2D eigenvalue weighted by atomic mass is 9.98. The molecule has 5 heteroatoms. The lowest BCUT2D eigenvalue weighted by Gasteiger charge is -2.25. The minimum absolute atomic E-state index is 0.148. The molecule has 0 saturated carbocycles. The average molecular weight is 709 g/mol. The van der Waals surface area contributed by atoms with Crippen LogP contribution in [0.1, 0.15) is 21.9 Å². The Morgan fingerprint density at radius 3 is 1.72 bits per heavy atom. The Hall–Kier alpha value is -7.37. The van der Waals surface area contributed by atoms with E-state index < -0.39 is 125 Å². The molecule has 10 aromatic rings. The molecule has 0 radical (unpaired) electrons. The number of anilines is 3. The highest BCUT2D eigenvalue weighted by Gasteiger charge is 2.19. The predicted molar refractivity (Wildman–Crippen MR) is 221 cm³/mol. The van der Waals surface area contributed by atoms with Crippen molar-refractivity contribution in [2.45, 2.75) is 0 Å². The van der Waals surface area contributed by atoms with E-state index in [-0.39, 0.29) is 11.1 Å². The number of hydrogen-bond acceptors (Lipinski definition) is 5. The second-order valence-corrected chi connectivity index (χ2v) is 12.0. The maximum atomic E-state index is 9.51. The van der Waals surface area contributed by atoms with Crippen LogP contribution in [0.15, 0.2) is 198 Å². The van der Waals surface area contributed by atoms with Gasteiger partial charge in [0.05, 0.1) is 21.9 Å². The van der Waals surface area contributed by atoms with Crippen LogP contribution in [0.3, 0.4) is 0 Å². The number of aromatic nitrogens is 3. The molecule has 2 heterocycles. The quantitative estimate of drug-likeness (QED) is 0.165. The SMILES string of the molecule is [2H]c1c([2H])c([2H])c(N(c2c([2H])c([2H])c([2H])c([2H])c2[2H])c2c([2H])c([2H])c3c([2H])c(-c4ccc5c(c4)oc4cccc(-c6nc(-c7ccccc7)nc(-c7ccccc7)n6)c45)c([2H])c([2H])c3c2[2H])c([2H])c1[2H]. The first kappa shape index (κ1) is 18.9. The fourth-order valence-corrected chi connectivity index (χ4v) is 6.26. The first-order chi connectivity index (χ1) is 33.4. The second kappa shape index (κ2) is 13.3. The summed E-state index contributed by atoms with van der Waals surface area (Å²) in [6, 6.07) is 16.1. The molecule has 0 fully saturated rings. The van der Waals surface area contributed by atoms with Gasteiger partial charge in [0.2, 0.25) is 0 Å². The van der Waals surface area contributed by atoms with Gasteiger partial charge < -0.3 is 9.32 Å². The second-order valence-electron chi connectivity index (χ2n) is 12.0. The Bertz CT molecular complexity index is 3690. The van der Waals surface area contributed by atoms with Crippen molar-refractivity contribution >= 4 is 49.8 Å². The van der Waals surface area contributed by atoms with Gasteiger partial charge in [-0.1, -0.05) is 133 Å². The van der Waals surface area contributed by atoms with Crippen LogP contribution in [-0.2, 0) is 0 Å². The maximum Gasteiger partial charge on any atom is 0.164 e. The van der Waals surface area contributed by atoms with Gasteiger partial charge >= 0.3 is 0 Å². The summed E-state index contributed by atoms with van der Waals surface area (Å²) in [5.41, 5.74) is 0.635. The highest BCUT2D eigenvalue weighted by Crippen LogP contribution is 2.40. The molecular formula is C49H32N4O. The normalized spacial score (nSPS) is 15.5. The van der Waals surface area contributed by atoms with Crippen molar-refractivity contribution in [1.82, 2.24) is 15.0 Å². The summed E-state index contributed by atoms with van der Waals surface area (Å²) in [6.07, 6.45) is 0. The molecular weight excluding hydrogens is 661 g/mol. The molecule has 0 aliphatic heterocycles. The minimum atomic E-state index is -0.928. The number of hydrogen-bond donors (Lipinski definition) is 0. The van der Waals surface area contributed by atoms with Gasteiger partial charge in [-0.15, -0.1) is 0 Å². The first-order valence-electron chi connectivity index (χ1n) is 24.7. The molecule has 0 atom stereocenters. The highest BCUT2D eigenvalue weighted by atomic mass is 16.3. The Kier molecular flexibility index (Phi) is 4.66. The van der Waals surface area contributed by atoms with Crippen LogP contribution < -0.4 is 4.90 Å². The number of furan rings is 1. The van der Waals surface area contributed by atoms with Crippen molar-refractivity contribution in [2.24, 2.45) is 0 Å². The minimum Gasteiger partial charge on any atom is -0.456 e. The van der Waals surface area contributed by atoms with Crippen LogP contribution in [0.4, 0.5) is 17.1 Å². The maximum absolute atomic E-state index is 9.51. The fraction of sp³-hybridized carbons (Fsp3) is 0. The van der Waals surface area contributed by atoms with Crippen molar-refractivity contribution in [3.63, 3.8) is 0 Å². The fourth-order valence-electron chi connectivity index (χ4n) is 6.26. The van der Waals surface area contributed by atoms with Gasteiger partial charge in [-0.05, 0) is 82.4 Å². The van der Waals surface area contributed by atoms with E-state index in [1.54, 1.807) is 30.3 Å². The van der Waals surface area contributed by atoms with Crippen molar-refractivity contribution in [3.8, 4) is 45.3 Å². The molecule has 0 spiro atoms. The first-order valence-corrected chi connectivity index (χ1v) is 16.7. The van der Waals surface area contributed by atoms with Gasteiger partial charge in [0.25, 0.3) is 0 Å². The van der Waals surface area contributed by atoms with Crippen LogP contribution in [0.5, 0.6) is 0 Å². The molecule has 0 unspecified atom stereocenters. The number of fused-ring (bicyclic) bond motifs is 4. The van der Waals surface area contributed by atoms with E-state index in [4.69, 9.17) is 33.1 Å². The van der Waals surface area contributed by atoms with E-state index in [2.05, 4.69) is 0 Å². The number of nitrogens with zero attached hydrogens (tertiary/aromatic N) is 4. The Morgan fingerprint density at radius 2 is 1.06 bits per heavy atom. The number of benzene rings is 8.